The van der Waals surface area contributed by atoms with Gasteiger partial charge in [0.25, 0.3) is 0 Å². The third kappa shape index (κ3) is 2.04. The van der Waals surface area contributed by atoms with Crippen LogP contribution in [0.3, 0.4) is 0 Å². The van der Waals surface area contributed by atoms with Crippen molar-refractivity contribution < 1.29 is 4.74 Å². The second-order valence-electron chi connectivity index (χ2n) is 3.34. The van der Waals surface area contributed by atoms with E-state index < -0.39 is 0 Å². The fourth-order valence-corrected chi connectivity index (χ4v) is 2.07. The number of ether oxygens (including phenoxy) is 1. The molecule has 1 fully saturated rings. The van der Waals surface area contributed by atoms with Crippen LogP contribution in [0.1, 0.15) is 24.6 Å². The van der Waals surface area contributed by atoms with Crippen molar-refractivity contribution in [2.24, 2.45) is 11.7 Å². The van der Waals surface area contributed by atoms with Crippen molar-refractivity contribution in [3.63, 3.8) is 0 Å². The highest BCUT2D eigenvalue weighted by Gasteiger charge is 2.23. The SMILES string of the molecule is NC(c1cnsn1)C1CCCOC1. The number of nitrogens with zero attached hydrogens (tertiary/aromatic N) is 2. The molecule has 1 aliphatic rings. The summed E-state index contributed by atoms with van der Waals surface area (Å²) in [6.07, 6.45) is 4.00. The van der Waals surface area contributed by atoms with Crippen molar-refractivity contribution in [3.05, 3.63) is 11.9 Å². The fraction of sp³-hybridized carbons (Fsp3) is 0.750. The van der Waals surface area contributed by atoms with Gasteiger partial charge < -0.3 is 10.5 Å². The highest BCUT2D eigenvalue weighted by atomic mass is 32.1. The van der Waals surface area contributed by atoms with E-state index in [0.717, 1.165) is 31.7 Å². The van der Waals surface area contributed by atoms with E-state index >= 15 is 0 Å². The third-order valence-electron chi connectivity index (χ3n) is 2.42. The van der Waals surface area contributed by atoms with Gasteiger partial charge in [-0.3, -0.25) is 0 Å². The molecule has 2 N–H and O–H groups in total. The van der Waals surface area contributed by atoms with Gasteiger partial charge in [0.05, 0.1) is 36.3 Å². The molecule has 0 saturated carbocycles. The fourth-order valence-electron chi connectivity index (χ4n) is 1.61. The Hall–Kier alpha value is -0.520. The number of nitrogens with two attached hydrogens (primary N) is 1. The first kappa shape index (κ1) is 9.05. The van der Waals surface area contributed by atoms with E-state index in [1.54, 1.807) is 6.20 Å². The maximum Gasteiger partial charge on any atom is 0.0913 e. The standard InChI is InChI=1S/C8H13N3OS/c9-8(7-4-10-13-11-7)6-2-1-3-12-5-6/h4,6,8H,1-3,5,9H2. The van der Waals surface area contributed by atoms with Crippen LogP contribution in [0.2, 0.25) is 0 Å². The predicted molar refractivity (Wildman–Crippen MR) is 50.4 cm³/mol. The van der Waals surface area contributed by atoms with Gasteiger partial charge in [0.2, 0.25) is 0 Å². The van der Waals surface area contributed by atoms with E-state index in [9.17, 15) is 0 Å². The normalized spacial score (nSPS) is 25.8. The predicted octanol–water partition coefficient (Wildman–Crippen LogP) is 0.964. The zero-order valence-corrected chi connectivity index (χ0v) is 8.17. The molecule has 0 spiro atoms. The molecule has 1 aliphatic heterocycles. The van der Waals surface area contributed by atoms with Crippen molar-refractivity contribution in [3.8, 4) is 0 Å². The maximum atomic E-state index is 6.04. The van der Waals surface area contributed by atoms with Gasteiger partial charge in [-0.05, 0) is 12.8 Å². The van der Waals surface area contributed by atoms with Crippen LogP contribution in [0.5, 0.6) is 0 Å². The first-order chi connectivity index (χ1) is 6.38. The molecule has 0 aromatic carbocycles. The summed E-state index contributed by atoms with van der Waals surface area (Å²) in [7, 11) is 0. The molecular formula is C8H13N3OS. The van der Waals surface area contributed by atoms with E-state index in [1.807, 2.05) is 0 Å². The third-order valence-corrected chi connectivity index (χ3v) is 2.92. The first-order valence-electron chi connectivity index (χ1n) is 4.48. The number of hydrogen-bond acceptors (Lipinski definition) is 5. The van der Waals surface area contributed by atoms with Crippen LogP contribution in [0, 0.1) is 5.92 Å². The highest BCUT2D eigenvalue weighted by Crippen LogP contribution is 2.25. The minimum absolute atomic E-state index is 0.000880. The molecule has 0 radical (unpaired) electrons. The van der Waals surface area contributed by atoms with Crippen LogP contribution in [0.4, 0.5) is 0 Å². The minimum atomic E-state index is -0.000880. The molecular weight excluding hydrogens is 186 g/mol. The average molecular weight is 199 g/mol. The molecule has 5 heteroatoms. The van der Waals surface area contributed by atoms with Gasteiger partial charge in [-0.25, -0.2) is 0 Å². The molecule has 4 nitrogen and oxygen atoms in total. The van der Waals surface area contributed by atoms with Gasteiger partial charge in [0, 0.05) is 12.5 Å². The quantitative estimate of drug-likeness (QED) is 0.770. The lowest BCUT2D eigenvalue weighted by molar-refractivity contribution is 0.0443. The summed E-state index contributed by atoms with van der Waals surface area (Å²) in [6.45, 7) is 1.64. The van der Waals surface area contributed by atoms with Gasteiger partial charge in [-0.1, -0.05) is 0 Å². The summed E-state index contributed by atoms with van der Waals surface area (Å²) in [5.41, 5.74) is 6.94. The Balaban J connectivity index is 1.99. The van der Waals surface area contributed by atoms with Crippen molar-refractivity contribution in [2.45, 2.75) is 18.9 Å². The number of rotatable bonds is 2. The van der Waals surface area contributed by atoms with E-state index in [-0.39, 0.29) is 6.04 Å². The number of hydrogen-bond donors (Lipinski definition) is 1. The van der Waals surface area contributed by atoms with Crippen LogP contribution >= 0.6 is 11.7 Å². The smallest absolute Gasteiger partial charge is 0.0913 e. The lowest BCUT2D eigenvalue weighted by Gasteiger charge is -2.26. The molecule has 1 aromatic heterocycles. The molecule has 1 saturated heterocycles. The number of aromatic nitrogens is 2. The van der Waals surface area contributed by atoms with Crippen LogP contribution in [0.15, 0.2) is 6.20 Å². The average Bonchev–Trinajstić information content (AvgIpc) is 2.71. The lowest BCUT2D eigenvalue weighted by atomic mass is 9.93. The van der Waals surface area contributed by atoms with Crippen LogP contribution in [-0.2, 0) is 4.74 Å². The van der Waals surface area contributed by atoms with E-state index in [1.165, 1.54) is 11.7 Å². The topological polar surface area (TPSA) is 61.0 Å². The van der Waals surface area contributed by atoms with Crippen molar-refractivity contribution in [1.29, 1.82) is 0 Å². The summed E-state index contributed by atoms with van der Waals surface area (Å²) in [5, 5.41) is 0. The summed E-state index contributed by atoms with van der Waals surface area (Å²) >= 11 is 1.21. The van der Waals surface area contributed by atoms with Gasteiger partial charge >= 0.3 is 0 Å². The Morgan fingerprint density at radius 3 is 3.23 bits per heavy atom. The monoisotopic (exact) mass is 199 g/mol. The molecule has 0 aliphatic carbocycles. The zero-order valence-electron chi connectivity index (χ0n) is 7.35. The Morgan fingerprint density at radius 2 is 2.62 bits per heavy atom. The minimum Gasteiger partial charge on any atom is -0.381 e. The van der Waals surface area contributed by atoms with Gasteiger partial charge in [0.15, 0.2) is 0 Å². The molecule has 2 heterocycles. The molecule has 13 heavy (non-hydrogen) atoms. The lowest BCUT2D eigenvalue weighted by Crippen LogP contribution is -2.29. The zero-order chi connectivity index (χ0) is 9.10. The molecule has 2 unspecified atom stereocenters. The van der Waals surface area contributed by atoms with E-state index in [2.05, 4.69) is 8.75 Å². The highest BCUT2D eigenvalue weighted by molar-refractivity contribution is 6.99. The van der Waals surface area contributed by atoms with Crippen molar-refractivity contribution in [2.75, 3.05) is 13.2 Å². The Bertz CT molecular complexity index is 246. The van der Waals surface area contributed by atoms with Crippen molar-refractivity contribution in [1.82, 2.24) is 8.75 Å². The molecule has 72 valence electrons. The Morgan fingerprint density at radius 1 is 1.69 bits per heavy atom. The summed E-state index contributed by atoms with van der Waals surface area (Å²) in [6, 6.07) is -0.000880. The van der Waals surface area contributed by atoms with Gasteiger partial charge in [-0.2, -0.15) is 8.75 Å². The summed E-state index contributed by atoms with van der Waals surface area (Å²) < 4.78 is 13.5. The second-order valence-corrected chi connectivity index (χ2v) is 3.89. The van der Waals surface area contributed by atoms with E-state index in [0.29, 0.717) is 5.92 Å². The van der Waals surface area contributed by atoms with Gasteiger partial charge in [-0.15, -0.1) is 0 Å². The Labute approximate surface area is 81.4 Å². The summed E-state index contributed by atoms with van der Waals surface area (Å²) in [4.78, 5) is 0. The first-order valence-corrected chi connectivity index (χ1v) is 5.22. The Kier molecular flexibility index (Phi) is 2.87. The van der Waals surface area contributed by atoms with Crippen molar-refractivity contribution >= 4 is 11.7 Å². The molecule has 2 atom stereocenters. The molecule has 2 rings (SSSR count). The molecule has 0 amide bonds. The molecule has 0 bridgehead atoms. The largest absolute Gasteiger partial charge is 0.381 e. The van der Waals surface area contributed by atoms with E-state index in [4.69, 9.17) is 10.5 Å². The maximum absolute atomic E-state index is 6.04. The summed E-state index contributed by atoms with van der Waals surface area (Å²) in [5.74, 6) is 0.414. The van der Waals surface area contributed by atoms with Crippen LogP contribution in [-0.4, -0.2) is 22.0 Å². The molecule has 1 aromatic rings. The van der Waals surface area contributed by atoms with Crippen LogP contribution < -0.4 is 5.73 Å². The van der Waals surface area contributed by atoms with Crippen LogP contribution in [0.25, 0.3) is 0 Å². The second kappa shape index (κ2) is 4.13. The van der Waals surface area contributed by atoms with Gasteiger partial charge in [0.1, 0.15) is 0 Å².